The predicted molar refractivity (Wildman–Crippen MR) is 128 cm³/mol. The van der Waals surface area contributed by atoms with Crippen molar-refractivity contribution in [1.29, 1.82) is 0 Å². The maximum Gasteiger partial charge on any atom is 0.0901 e. The van der Waals surface area contributed by atoms with Gasteiger partial charge in [-0.15, -0.1) is 0 Å². The Kier molecular flexibility index (Phi) is 7.91. The van der Waals surface area contributed by atoms with Crippen molar-refractivity contribution in [3.63, 3.8) is 0 Å². The van der Waals surface area contributed by atoms with Crippen LogP contribution in [0.4, 0.5) is 5.69 Å². The second-order valence-corrected chi connectivity index (χ2v) is 8.75. The number of nitrogens with one attached hydrogen (secondary N) is 1. The third-order valence-electron chi connectivity index (χ3n) is 5.37. The first-order valence-electron chi connectivity index (χ1n) is 10.5. The molecule has 1 aliphatic rings. The first-order chi connectivity index (χ1) is 13.7. The van der Waals surface area contributed by atoms with E-state index in [0.717, 1.165) is 22.5 Å². The van der Waals surface area contributed by atoms with E-state index < -0.39 is 0 Å². The van der Waals surface area contributed by atoms with E-state index in [-0.39, 0.29) is 5.41 Å². The Balaban J connectivity index is 1.95. The standard InChI is InChI=1S/C28H35N/c1-21(15-18-27-24(4)12-9-19-28(27,6)7)10-8-11-23(3)20-25(5)29-26-16-13-22(2)14-17-26/h8,10-11,13,15-16,18,20,29H,5,9,12,19H2,1-4,6-7H3/b11-8+,18-15+,21-10+,23-20+. The molecule has 1 heteroatoms. The Hall–Kier alpha value is -2.72. The largest absolute Gasteiger partial charge is 0.349 e. The van der Waals surface area contributed by atoms with Crippen LogP contribution in [0.1, 0.15) is 59.4 Å². The number of allylic oxidation sites excluding steroid dienone is 10. The van der Waals surface area contributed by atoms with Crippen LogP contribution >= 0.6 is 0 Å². The first-order valence-corrected chi connectivity index (χ1v) is 10.5. The van der Waals surface area contributed by atoms with Gasteiger partial charge >= 0.3 is 0 Å². The fourth-order valence-corrected chi connectivity index (χ4v) is 3.69. The maximum atomic E-state index is 4.07. The zero-order valence-corrected chi connectivity index (χ0v) is 18.9. The minimum Gasteiger partial charge on any atom is -0.349 e. The number of rotatable bonds is 7. The average molecular weight is 386 g/mol. The molecule has 0 heterocycles. The summed E-state index contributed by atoms with van der Waals surface area (Å²) in [7, 11) is 0. The van der Waals surface area contributed by atoms with Crippen LogP contribution in [0.2, 0.25) is 0 Å². The van der Waals surface area contributed by atoms with Crippen LogP contribution in [0, 0.1) is 24.5 Å². The van der Waals surface area contributed by atoms with Gasteiger partial charge in [0.25, 0.3) is 0 Å². The lowest BCUT2D eigenvalue weighted by Crippen LogP contribution is -2.19. The molecular weight excluding hydrogens is 350 g/mol. The van der Waals surface area contributed by atoms with Gasteiger partial charge in [0.05, 0.1) is 5.69 Å². The minimum atomic E-state index is 0.286. The van der Waals surface area contributed by atoms with Crippen molar-refractivity contribution in [2.75, 3.05) is 5.32 Å². The molecule has 1 aromatic rings. The highest BCUT2D eigenvalue weighted by molar-refractivity contribution is 5.49. The highest BCUT2D eigenvalue weighted by Crippen LogP contribution is 2.40. The van der Waals surface area contributed by atoms with Gasteiger partial charge in [-0.25, -0.2) is 0 Å². The molecular formula is C28H35N. The summed E-state index contributed by atoms with van der Waals surface area (Å²) in [5.74, 6) is 0. The van der Waals surface area contributed by atoms with Gasteiger partial charge in [0, 0.05) is 5.70 Å². The van der Waals surface area contributed by atoms with Crippen LogP contribution in [-0.2, 0) is 0 Å². The molecule has 0 saturated heterocycles. The zero-order valence-electron chi connectivity index (χ0n) is 18.9. The molecule has 152 valence electrons. The first kappa shape index (κ1) is 22.6. The second-order valence-electron chi connectivity index (χ2n) is 8.75. The molecule has 29 heavy (non-hydrogen) atoms. The Morgan fingerprint density at radius 3 is 2.52 bits per heavy atom. The molecule has 0 fully saturated rings. The molecule has 0 radical (unpaired) electrons. The lowest BCUT2D eigenvalue weighted by molar-refractivity contribution is 0.377. The van der Waals surface area contributed by atoms with Crippen molar-refractivity contribution < 1.29 is 0 Å². The molecule has 0 aromatic heterocycles. The van der Waals surface area contributed by atoms with E-state index in [1.165, 1.54) is 36.0 Å². The Morgan fingerprint density at radius 1 is 1.10 bits per heavy atom. The van der Waals surface area contributed by atoms with E-state index in [1.807, 2.05) is 25.1 Å². The van der Waals surface area contributed by atoms with Gasteiger partial charge in [-0.3, -0.25) is 0 Å². The van der Waals surface area contributed by atoms with Crippen LogP contribution in [-0.4, -0.2) is 0 Å². The Labute approximate surface area is 178 Å². The highest BCUT2D eigenvalue weighted by Gasteiger charge is 2.26. The number of hydrogen-bond acceptors (Lipinski definition) is 1. The predicted octanol–water partition coefficient (Wildman–Crippen LogP) is 8.05. The molecule has 0 amide bonds. The quantitative estimate of drug-likeness (QED) is 0.468. The molecule has 0 saturated carbocycles. The summed E-state index contributed by atoms with van der Waals surface area (Å²) < 4.78 is 0. The van der Waals surface area contributed by atoms with E-state index in [1.54, 1.807) is 0 Å². The smallest absolute Gasteiger partial charge is 0.0901 e. The maximum absolute atomic E-state index is 4.07. The molecule has 1 nitrogen and oxygen atoms in total. The highest BCUT2D eigenvalue weighted by atomic mass is 14.9. The van der Waals surface area contributed by atoms with Gasteiger partial charge < -0.3 is 5.32 Å². The van der Waals surface area contributed by atoms with Gasteiger partial charge in [-0.1, -0.05) is 68.0 Å². The van der Waals surface area contributed by atoms with Crippen molar-refractivity contribution in [2.45, 2.75) is 60.8 Å². The van der Waals surface area contributed by atoms with E-state index in [9.17, 15) is 0 Å². The van der Waals surface area contributed by atoms with Crippen molar-refractivity contribution >= 4 is 5.69 Å². The number of hydrogen-bond donors (Lipinski definition) is 1. The molecule has 1 aromatic carbocycles. The van der Waals surface area contributed by atoms with Crippen LogP contribution in [0.5, 0.6) is 0 Å². The SMILES string of the molecule is C=C(/C=C(C)/C=C/C=C(C)/C=C/C1=C(C)CCCC1(C)C)Nc1c#cc(C)cc1. The summed E-state index contributed by atoms with van der Waals surface area (Å²) in [5, 5.41) is 3.24. The van der Waals surface area contributed by atoms with E-state index >= 15 is 0 Å². The summed E-state index contributed by atoms with van der Waals surface area (Å²) >= 11 is 0. The van der Waals surface area contributed by atoms with Crippen LogP contribution in [0.3, 0.4) is 0 Å². The van der Waals surface area contributed by atoms with Crippen molar-refractivity contribution in [3.05, 3.63) is 101 Å². The second kappa shape index (κ2) is 10.2. The van der Waals surface area contributed by atoms with Gasteiger partial charge in [0.2, 0.25) is 0 Å². The zero-order chi connectivity index (χ0) is 21.4. The third-order valence-corrected chi connectivity index (χ3v) is 5.37. The fourth-order valence-electron chi connectivity index (χ4n) is 3.69. The Morgan fingerprint density at radius 2 is 1.86 bits per heavy atom. The molecule has 0 atom stereocenters. The molecule has 0 spiro atoms. The lowest BCUT2D eigenvalue weighted by atomic mass is 9.72. The fraction of sp³-hybridized carbons (Fsp3) is 0.357. The molecule has 2 rings (SSSR count). The third kappa shape index (κ3) is 7.31. The van der Waals surface area contributed by atoms with Crippen molar-refractivity contribution in [2.24, 2.45) is 5.41 Å². The monoisotopic (exact) mass is 385 g/mol. The summed E-state index contributed by atoms with van der Waals surface area (Å²) in [5.41, 5.74) is 8.50. The van der Waals surface area contributed by atoms with Gasteiger partial charge in [-0.2, -0.15) is 0 Å². The van der Waals surface area contributed by atoms with Gasteiger partial charge in [0.15, 0.2) is 0 Å². The minimum absolute atomic E-state index is 0.286. The molecule has 1 aliphatic carbocycles. The molecule has 0 aliphatic heterocycles. The molecule has 1 N–H and O–H groups in total. The normalized spacial score (nSPS) is 17.7. The summed E-state index contributed by atoms with van der Waals surface area (Å²) in [6, 6.07) is 10.1. The van der Waals surface area contributed by atoms with Gasteiger partial charge in [0.1, 0.15) is 0 Å². The summed E-state index contributed by atoms with van der Waals surface area (Å²) in [6.07, 6.45) is 16.7. The lowest BCUT2D eigenvalue weighted by Gasteiger charge is -2.32. The van der Waals surface area contributed by atoms with Crippen molar-refractivity contribution in [1.82, 2.24) is 0 Å². The van der Waals surface area contributed by atoms with Gasteiger partial charge in [-0.05, 0) is 93.4 Å². The van der Waals surface area contributed by atoms with E-state index in [2.05, 4.69) is 89.0 Å². The van der Waals surface area contributed by atoms with Crippen LogP contribution in [0.15, 0.2) is 83.2 Å². The summed E-state index contributed by atoms with van der Waals surface area (Å²) in [4.78, 5) is 0. The van der Waals surface area contributed by atoms with E-state index in [0.29, 0.717) is 0 Å². The van der Waals surface area contributed by atoms with Crippen molar-refractivity contribution in [3.8, 4) is 0 Å². The summed E-state index contributed by atoms with van der Waals surface area (Å²) in [6.45, 7) is 17.3. The average Bonchev–Trinajstić information content (AvgIpc) is 2.62. The van der Waals surface area contributed by atoms with Crippen LogP contribution < -0.4 is 5.32 Å². The topological polar surface area (TPSA) is 12.0 Å². The van der Waals surface area contributed by atoms with Crippen LogP contribution in [0.25, 0.3) is 0 Å². The number of anilines is 1. The molecule has 0 bridgehead atoms. The molecule has 0 unspecified atom stereocenters. The number of aryl methyl sites for hydroxylation is 1. The van der Waals surface area contributed by atoms with E-state index in [4.69, 9.17) is 0 Å². The Bertz CT molecular complexity index is 867.